The molecule has 0 bridgehead atoms. The molecule has 1 saturated carbocycles. The summed E-state index contributed by atoms with van der Waals surface area (Å²) in [6.45, 7) is 1.62. The lowest BCUT2D eigenvalue weighted by Crippen LogP contribution is -2.14. The standard InChI is InChI=1S/C14H19N3O2S/c1-2-20(18,19)17-11-7-8-12-13(9-11)16-14(15-12)10-5-3-4-6-10/h7-10,17H,2-6H2,1H3,(H,15,16). The van der Waals surface area contributed by atoms with Gasteiger partial charge in [0, 0.05) is 5.92 Å². The molecular formula is C14H19N3O2S. The van der Waals surface area contributed by atoms with Gasteiger partial charge in [0.25, 0.3) is 0 Å². The Bertz CT molecular complexity index is 715. The third kappa shape index (κ3) is 2.65. The van der Waals surface area contributed by atoms with Crippen LogP contribution < -0.4 is 4.72 Å². The maximum atomic E-state index is 11.6. The first-order chi connectivity index (χ1) is 9.57. The van der Waals surface area contributed by atoms with Crippen LogP contribution in [0.1, 0.15) is 44.3 Å². The predicted octanol–water partition coefficient (Wildman–Crippen LogP) is 2.98. The molecule has 1 aromatic heterocycles. The first-order valence-corrected chi connectivity index (χ1v) is 8.73. The van der Waals surface area contributed by atoms with Gasteiger partial charge in [-0.1, -0.05) is 12.8 Å². The zero-order chi connectivity index (χ0) is 14.2. The monoisotopic (exact) mass is 293 g/mol. The summed E-state index contributed by atoms with van der Waals surface area (Å²) in [5.41, 5.74) is 2.37. The first kappa shape index (κ1) is 13.4. The fourth-order valence-electron chi connectivity index (χ4n) is 2.74. The SMILES string of the molecule is CCS(=O)(=O)Nc1ccc2nc(C3CCCC3)[nH]c2c1. The molecule has 3 rings (SSSR count). The number of fused-ring (bicyclic) bond motifs is 1. The number of imidazole rings is 1. The van der Waals surface area contributed by atoms with Crippen LogP contribution in [0.25, 0.3) is 11.0 Å². The van der Waals surface area contributed by atoms with Crippen LogP contribution >= 0.6 is 0 Å². The summed E-state index contributed by atoms with van der Waals surface area (Å²) >= 11 is 0. The van der Waals surface area contributed by atoms with Crippen LogP contribution in [-0.4, -0.2) is 24.1 Å². The van der Waals surface area contributed by atoms with Crippen molar-refractivity contribution in [3.63, 3.8) is 0 Å². The highest BCUT2D eigenvalue weighted by Gasteiger charge is 2.20. The molecule has 1 aromatic carbocycles. The summed E-state index contributed by atoms with van der Waals surface area (Å²) in [6.07, 6.45) is 4.91. The highest BCUT2D eigenvalue weighted by Crippen LogP contribution is 2.33. The van der Waals surface area contributed by atoms with Gasteiger partial charge in [-0.2, -0.15) is 0 Å². The highest BCUT2D eigenvalue weighted by atomic mass is 32.2. The Morgan fingerprint density at radius 1 is 1.35 bits per heavy atom. The van der Waals surface area contributed by atoms with E-state index in [-0.39, 0.29) is 5.75 Å². The van der Waals surface area contributed by atoms with Gasteiger partial charge in [0.05, 0.1) is 22.5 Å². The van der Waals surface area contributed by atoms with Crippen molar-refractivity contribution in [2.75, 3.05) is 10.5 Å². The lowest BCUT2D eigenvalue weighted by Gasteiger charge is -2.05. The van der Waals surface area contributed by atoms with E-state index < -0.39 is 10.0 Å². The fraction of sp³-hybridized carbons (Fsp3) is 0.500. The maximum Gasteiger partial charge on any atom is 0.232 e. The van der Waals surface area contributed by atoms with Gasteiger partial charge in [-0.15, -0.1) is 0 Å². The summed E-state index contributed by atoms with van der Waals surface area (Å²) in [6, 6.07) is 5.43. The fourth-order valence-corrected chi connectivity index (χ4v) is 3.37. The van der Waals surface area contributed by atoms with Gasteiger partial charge in [0.2, 0.25) is 10.0 Å². The van der Waals surface area contributed by atoms with Crippen molar-refractivity contribution in [3.05, 3.63) is 24.0 Å². The van der Waals surface area contributed by atoms with Crippen LogP contribution in [0.5, 0.6) is 0 Å². The second kappa shape index (κ2) is 5.09. The van der Waals surface area contributed by atoms with Crippen LogP contribution in [0.3, 0.4) is 0 Å². The van der Waals surface area contributed by atoms with Crippen LogP contribution in [-0.2, 0) is 10.0 Å². The summed E-state index contributed by atoms with van der Waals surface area (Å²) in [7, 11) is -3.23. The third-order valence-corrected chi connectivity index (χ3v) is 5.20. The van der Waals surface area contributed by atoms with Crippen LogP contribution in [0.2, 0.25) is 0 Å². The number of hydrogen-bond acceptors (Lipinski definition) is 3. The number of anilines is 1. The molecule has 5 nitrogen and oxygen atoms in total. The summed E-state index contributed by atoms with van der Waals surface area (Å²) in [4.78, 5) is 7.96. The molecule has 108 valence electrons. The van der Waals surface area contributed by atoms with Crippen molar-refractivity contribution in [2.45, 2.75) is 38.5 Å². The van der Waals surface area contributed by atoms with E-state index in [0.717, 1.165) is 16.9 Å². The van der Waals surface area contributed by atoms with Crippen LogP contribution in [0, 0.1) is 0 Å². The van der Waals surface area contributed by atoms with Gasteiger partial charge < -0.3 is 4.98 Å². The molecule has 1 fully saturated rings. The van der Waals surface area contributed by atoms with Crippen molar-refractivity contribution >= 4 is 26.7 Å². The molecule has 0 unspecified atom stereocenters. The minimum Gasteiger partial charge on any atom is -0.342 e. The van der Waals surface area contributed by atoms with Crippen molar-refractivity contribution in [3.8, 4) is 0 Å². The lowest BCUT2D eigenvalue weighted by molar-refractivity contribution is 0.602. The number of nitrogens with one attached hydrogen (secondary N) is 2. The number of sulfonamides is 1. The summed E-state index contributed by atoms with van der Waals surface area (Å²) in [5.74, 6) is 1.63. The molecule has 20 heavy (non-hydrogen) atoms. The van der Waals surface area contributed by atoms with Gasteiger partial charge in [-0.3, -0.25) is 4.72 Å². The smallest absolute Gasteiger partial charge is 0.232 e. The Morgan fingerprint density at radius 2 is 2.10 bits per heavy atom. The molecule has 0 saturated heterocycles. The number of rotatable bonds is 4. The highest BCUT2D eigenvalue weighted by molar-refractivity contribution is 7.92. The predicted molar refractivity (Wildman–Crippen MR) is 80.4 cm³/mol. The molecular weight excluding hydrogens is 274 g/mol. The first-order valence-electron chi connectivity index (χ1n) is 7.07. The van der Waals surface area contributed by atoms with Crippen molar-refractivity contribution in [2.24, 2.45) is 0 Å². The normalized spacial score (nSPS) is 16.9. The maximum absolute atomic E-state index is 11.6. The summed E-state index contributed by atoms with van der Waals surface area (Å²) in [5, 5.41) is 0. The molecule has 1 aliphatic carbocycles. The van der Waals surface area contributed by atoms with Gasteiger partial charge in [0.15, 0.2) is 0 Å². The molecule has 1 aliphatic rings. The molecule has 2 N–H and O–H groups in total. The Hall–Kier alpha value is -1.56. The van der Waals surface area contributed by atoms with E-state index in [4.69, 9.17) is 0 Å². The molecule has 0 radical (unpaired) electrons. The lowest BCUT2D eigenvalue weighted by atomic mass is 10.1. The van der Waals surface area contributed by atoms with E-state index in [1.807, 2.05) is 12.1 Å². The third-order valence-electron chi connectivity index (χ3n) is 3.90. The second-order valence-corrected chi connectivity index (χ2v) is 7.35. The number of benzene rings is 1. The average Bonchev–Trinajstić information content (AvgIpc) is 3.06. The van der Waals surface area contributed by atoms with Crippen LogP contribution in [0.4, 0.5) is 5.69 Å². The molecule has 0 spiro atoms. The van der Waals surface area contributed by atoms with Gasteiger partial charge in [0.1, 0.15) is 5.82 Å². The van der Waals surface area contributed by atoms with E-state index in [1.54, 1.807) is 13.0 Å². The van der Waals surface area contributed by atoms with Gasteiger partial charge in [-0.05, 0) is 38.0 Å². The number of hydrogen-bond donors (Lipinski definition) is 2. The zero-order valence-electron chi connectivity index (χ0n) is 11.5. The molecule has 0 amide bonds. The quantitative estimate of drug-likeness (QED) is 0.910. The second-order valence-electron chi connectivity index (χ2n) is 5.34. The molecule has 6 heteroatoms. The Morgan fingerprint density at radius 3 is 2.80 bits per heavy atom. The average molecular weight is 293 g/mol. The van der Waals surface area contributed by atoms with Crippen molar-refractivity contribution in [1.82, 2.24) is 9.97 Å². The molecule has 2 aromatic rings. The molecule has 0 aliphatic heterocycles. The Labute approximate surface area is 118 Å². The van der Waals surface area contributed by atoms with Crippen molar-refractivity contribution < 1.29 is 8.42 Å². The van der Waals surface area contributed by atoms with E-state index in [2.05, 4.69) is 14.7 Å². The summed E-state index contributed by atoms with van der Waals surface area (Å²) < 4.78 is 25.7. The number of nitrogens with zero attached hydrogens (tertiary/aromatic N) is 1. The van der Waals surface area contributed by atoms with E-state index in [1.165, 1.54) is 25.7 Å². The van der Waals surface area contributed by atoms with Gasteiger partial charge >= 0.3 is 0 Å². The minimum atomic E-state index is -3.23. The Kier molecular flexibility index (Phi) is 3.41. The Balaban J connectivity index is 1.91. The topological polar surface area (TPSA) is 74.8 Å². The van der Waals surface area contributed by atoms with Crippen LogP contribution in [0.15, 0.2) is 18.2 Å². The van der Waals surface area contributed by atoms with Gasteiger partial charge in [-0.25, -0.2) is 13.4 Å². The molecule has 1 heterocycles. The number of aromatic amines is 1. The minimum absolute atomic E-state index is 0.0708. The van der Waals surface area contributed by atoms with E-state index in [0.29, 0.717) is 11.6 Å². The van der Waals surface area contributed by atoms with Crippen molar-refractivity contribution in [1.29, 1.82) is 0 Å². The van der Waals surface area contributed by atoms with E-state index in [9.17, 15) is 8.42 Å². The number of aromatic nitrogens is 2. The number of H-pyrrole nitrogens is 1. The van der Waals surface area contributed by atoms with E-state index >= 15 is 0 Å². The largest absolute Gasteiger partial charge is 0.342 e. The molecule has 0 atom stereocenters. The zero-order valence-corrected chi connectivity index (χ0v) is 12.3.